The molecule has 0 bridgehead atoms. The average molecular weight is 352 g/mol. The molecule has 0 spiro atoms. The van der Waals surface area contributed by atoms with E-state index in [0.29, 0.717) is 38.4 Å². The van der Waals surface area contributed by atoms with Crippen molar-refractivity contribution in [3.05, 3.63) is 59.0 Å². The number of amides is 2. The van der Waals surface area contributed by atoms with Gasteiger partial charge in [-0.3, -0.25) is 9.59 Å². The molecule has 0 radical (unpaired) electrons. The fourth-order valence-electron chi connectivity index (χ4n) is 3.90. The van der Waals surface area contributed by atoms with Crippen LogP contribution in [-0.4, -0.2) is 47.8 Å². The summed E-state index contributed by atoms with van der Waals surface area (Å²) >= 11 is 0. The molecule has 0 N–H and O–H groups in total. The summed E-state index contributed by atoms with van der Waals surface area (Å²) in [7, 11) is 0. The first-order valence-electron chi connectivity index (χ1n) is 9.42. The molecule has 1 fully saturated rings. The van der Waals surface area contributed by atoms with E-state index in [0.717, 1.165) is 18.4 Å². The summed E-state index contributed by atoms with van der Waals surface area (Å²) in [6.07, 6.45) is 6.76. The van der Waals surface area contributed by atoms with Crippen molar-refractivity contribution in [2.24, 2.45) is 0 Å². The highest BCUT2D eigenvalue weighted by molar-refractivity contribution is 5.91. The second-order valence-corrected chi connectivity index (χ2v) is 7.14. The monoisotopic (exact) mass is 352 g/mol. The lowest BCUT2D eigenvalue weighted by atomic mass is 9.90. The standard InChI is InChI=1S/C21H24N2O3/c24-20(15-16-7-8-17-4-1-2-5-18(17)14-16)22-9-11-23(12-10-22)21(25)19-6-3-13-26-19/h3,6-8,13-14H,1-2,4-5,9-12,15H2. The van der Waals surface area contributed by atoms with Gasteiger partial charge >= 0.3 is 0 Å². The molecular formula is C21H24N2O3. The molecule has 2 amide bonds. The zero-order valence-electron chi connectivity index (χ0n) is 14.9. The van der Waals surface area contributed by atoms with Gasteiger partial charge in [0.2, 0.25) is 5.91 Å². The number of benzene rings is 1. The van der Waals surface area contributed by atoms with Crippen LogP contribution in [0.2, 0.25) is 0 Å². The minimum absolute atomic E-state index is 0.100. The lowest BCUT2D eigenvalue weighted by Gasteiger charge is -2.34. The molecule has 1 aliphatic heterocycles. The predicted octanol–water partition coefficient (Wildman–Crippen LogP) is 2.69. The van der Waals surface area contributed by atoms with Gasteiger partial charge in [-0.1, -0.05) is 18.2 Å². The van der Waals surface area contributed by atoms with Gasteiger partial charge in [-0.05, 0) is 54.5 Å². The number of hydrogen-bond acceptors (Lipinski definition) is 3. The number of piperazine rings is 1. The van der Waals surface area contributed by atoms with Gasteiger partial charge in [0.1, 0.15) is 0 Å². The molecule has 2 aromatic rings. The lowest BCUT2D eigenvalue weighted by Crippen LogP contribution is -2.50. The number of fused-ring (bicyclic) bond motifs is 1. The highest BCUT2D eigenvalue weighted by atomic mass is 16.3. The molecule has 1 saturated heterocycles. The Morgan fingerprint density at radius 1 is 0.923 bits per heavy atom. The molecule has 136 valence electrons. The smallest absolute Gasteiger partial charge is 0.289 e. The molecule has 0 atom stereocenters. The molecule has 5 nitrogen and oxygen atoms in total. The van der Waals surface area contributed by atoms with E-state index < -0.39 is 0 Å². The molecule has 1 aliphatic carbocycles. The summed E-state index contributed by atoms with van der Waals surface area (Å²) in [5.41, 5.74) is 3.96. The Balaban J connectivity index is 1.33. The van der Waals surface area contributed by atoms with E-state index in [1.54, 1.807) is 17.0 Å². The SMILES string of the molecule is O=C(Cc1ccc2c(c1)CCCC2)N1CCN(C(=O)c2ccco2)CC1. The highest BCUT2D eigenvalue weighted by Crippen LogP contribution is 2.22. The molecule has 2 heterocycles. The minimum Gasteiger partial charge on any atom is -0.459 e. The van der Waals surface area contributed by atoms with Crippen LogP contribution in [0.5, 0.6) is 0 Å². The van der Waals surface area contributed by atoms with Crippen molar-refractivity contribution < 1.29 is 14.0 Å². The van der Waals surface area contributed by atoms with Crippen molar-refractivity contribution in [1.82, 2.24) is 9.80 Å². The Labute approximate surface area is 153 Å². The molecule has 1 aromatic heterocycles. The lowest BCUT2D eigenvalue weighted by molar-refractivity contribution is -0.131. The molecule has 1 aromatic carbocycles. The van der Waals surface area contributed by atoms with Crippen LogP contribution in [0.15, 0.2) is 41.0 Å². The van der Waals surface area contributed by atoms with Gasteiger partial charge in [0, 0.05) is 26.2 Å². The van der Waals surface area contributed by atoms with Crippen LogP contribution in [0.25, 0.3) is 0 Å². The third-order valence-electron chi connectivity index (χ3n) is 5.42. The van der Waals surface area contributed by atoms with Gasteiger partial charge < -0.3 is 14.2 Å². The summed E-state index contributed by atoms with van der Waals surface area (Å²) in [5.74, 6) is 0.404. The maximum Gasteiger partial charge on any atom is 0.289 e. The summed E-state index contributed by atoms with van der Waals surface area (Å²) in [6.45, 7) is 2.26. The topological polar surface area (TPSA) is 53.8 Å². The predicted molar refractivity (Wildman–Crippen MR) is 98.0 cm³/mol. The van der Waals surface area contributed by atoms with Crippen LogP contribution in [0.1, 0.15) is 40.1 Å². The van der Waals surface area contributed by atoms with Crippen LogP contribution in [-0.2, 0) is 24.1 Å². The zero-order valence-corrected chi connectivity index (χ0v) is 14.9. The van der Waals surface area contributed by atoms with Crippen LogP contribution >= 0.6 is 0 Å². The third-order valence-corrected chi connectivity index (χ3v) is 5.42. The number of rotatable bonds is 3. The first-order valence-corrected chi connectivity index (χ1v) is 9.42. The van der Waals surface area contributed by atoms with Gasteiger partial charge in [0.25, 0.3) is 5.91 Å². The molecule has 5 heteroatoms. The number of nitrogens with zero attached hydrogens (tertiary/aromatic N) is 2. The van der Waals surface area contributed by atoms with Crippen molar-refractivity contribution in [2.75, 3.05) is 26.2 Å². The number of furan rings is 1. The molecule has 0 unspecified atom stereocenters. The maximum atomic E-state index is 12.6. The second kappa shape index (κ2) is 7.36. The van der Waals surface area contributed by atoms with Gasteiger partial charge in [0.05, 0.1) is 12.7 Å². The maximum absolute atomic E-state index is 12.6. The van der Waals surface area contributed by atoms with E-state index in [2.05, 4.69) is 18.2 Å². The Hall–Kier alpha value is -2.56. The molecule has 0 saturated carbocycles. The zero-order chi connectivity index (χ0) is 17.9. The Morgan fingerprint density at radius 3 is 2.38 bits per heavy atom. The van der Waals surface area contributed by atoms with Crippen molar-refractivity contribution >= 4 is 11.8 Å². The van der Waals surface area contributed by atoms with Crippen molar-refractivity contribution in [3.8, 4) is 0 Å². The highest BCUT2D eigenvalue weighted by Gasteiger charge is 2.26. The number of carbonyl (C=O) groups is 2. The largest absolute Gasteiger partial charge is 0.459 e. The Morgan fingerprint density at radius 2 is 1.65 bits per heavy atom. The summed E-state index contributed by atoms with van der Waals surface area (Å²) in [6, 6.07) is 9.89. The van der Waals surface area contributed by atoms with Crippen LogP contribution < -0.4 is 0 Å². The Kier molecular flexibility index (Phi) is 4.78. The fraction of sp³-hybridized carbons (Fsp3) is 0.429. The van der Waals surface area contributed by atoms with Gasteiger partial charge in [0.15, 0.2) is 5.76 Å². The third kappa shape index (κ3) is 3.52. The molecular weight excluding hydrogens is 328 g/mol. The number of carbonyl (C=O) groups excluding carboxylic acids is 2. The first kappa shape index (κ1) is 16.9. The van der Waals surface area contributed by atoms with E-state index in [1.165, 1.54) is 30.2 Å². The fourth-order valence-corrected chi connectivity index (χ4v) is 3.90. The number of hydrogen-bond donors (Lipinski definition) is 0. The van der Waals surface area contributed by atoms with Crippen molar-refractivity contribution in [1.29, 1.82) is 0 Å². The van der Waals surface area contributed by atoms with E-state index in [4.69, 9.17) is 4.42 Å². The summed E-state index contributed by atoms with van der Waals surface area (Å²) < 4.78 is 5.18. The quantitative estimate of drug-likeness (QED) is 0.853. The molecule has 26 heavy (non-hydrogen) atoms. The van der Waals surface area contributed by atoms with E-state index in [9.17, 15) is 9.59 Å². The van der Waals surface area contributed by atoms with Crippen molar-refractivity contribution in [3.63, 3.8) is 0 Å². The minimum atomic E-state index is -0.100. The van der Waals surface area contributed by atoms with Gasteiger partial charge in [-0.2, -0.15) is 0 Å². The summed E-state index contributed by atoms with van der Waals surface area (Å²) in [4.78, 5) is 28.6. The first-order chi connectivity index (χ1) is 12.7. The van der Waals surface area contributed by atoms with E-state index >= 15 is 0 Å². The van der Waals surface area contributed by atoms with E-state index in [1.807, 2.05) is 4.90 Å². The molecule has 4 rings (SSSR count). The summed E-state index contributed by atoms with van der Waals surface area (Å²) in [5, 5.41) is 0. The Bertz CT molecular complexity index is 790. The van der Waals surface area contributed by atoms with Gasteiger partial charge in [-0.25, -0.2) is 0 Å². The second-order valence-electron chi connectivity index (χ2n) is 7.14. The van der Waals surface area contributed by atoms with Crippen LogP contribution in [0, 0.1) is 0 Å². The van der Waals surface area contributed by atoms with E-state index in [-0.39, 0.29) is 11.8 Å². The van der Waals surface area contributed by atoms with Crippen LogP contribution in [0.4, 0.5) is 0 Å². The normalized spacial score (nSPS) is 17.1. The molecule has 2 aliphatic rings. The average Bonchev–Trinajstić information content (AvgIpc) is 3.22. The van der Waals surface area contributed by atoms with Gasteiger partial charge in [-0.15, -0.1) is 0 Å². The number of aryl methyl sites for hydroxylation is 2. The van der Waals surface area contributed by atoms with Crippen molar-refractivity contribution in [2.45, 2.75) is 32.1 Å². The van der Waals surface area contributed by atoms with Crippen LogP contribution in [0.3, 0.4) is 0 Å².